The van der Waals surface area contributed by atoms with Crippen molar-refractivity contribution in [2.24, 2.45) is 0 Å². The first-order valence-corrected chi connectivity index (χ1v) is 5.94. The molecule has 1 rings (SSSR count). The lowest BCUT2D eigenvalue weighted by molar-refractivity contribution is -0.00869. The molecule has 0 aliphatic rings. The minimum atomic E-state index is -0.0657. The highest BCUT2D eigenvalue weighted by Crippen LogP contribution is 2.06. The number of hydrogen-bond donors (Lipinski definition) is 1. The van der Waals surface area contributed by atoms with Crippen LogP contribution in [0.15, 0.2) is 18.7 Å². The molecule has 92 valence electrons. The van der Waals surface area contributed by atoms with Crippen LogP contribution < -0.4 is 5.32 Å². The monoisotopic (exact) mass is 225 g/mol. The Hall–Kier alpha value is -0.870. The van der Waals surface area contributed by atoms with Crippen molar-refractivity contribution in [3.8, 4) is 0 Å². The van der Waals surface area contributed by atoms with Gasteiger partial charge in [0, 0.05) is 32.1 Å². The molecule has 1 N–H and O–H groups in total. The highest BCUT2D eigenvalue weighted by Gasteiger charge is 2.16. The molecule has 0 fully saturated rings. The second kappa shape index (κ2) is 6.66. The van der Waals surface area contributed by atoms with Gasteiger partial charge in [-0.15, -0.1) is 0 Å². The Morgan fingerprint density at radius 3 is 2.88 bits per heavy atom. The molecule has 16 heavy (non-hydrogen) atoms. The zero-order valence-corrected chi connectivity index (χ0v) is 10.6. The minimum absolute atomic E-state index is 0.0657. The van der Waals surface area contributed by atoms with Crippen molar-refractivity contribution in [2.45, 2.75) is 39.3 Å². The molecule has 4 nitrogen and oxygen atoms in total. The number of hydrogen-bond acceptors (Lipinski definition) is 3. The molecule has 0 spiro atoms. The fourth-order valence-corrected chi connectivity index (χ4v) is 1.64. The van der Waals surface area contributed by atoms with Crippen LogP contribution in [0.5, 0.6) is 0 Å². The van der Waals surface area contributed by atoms with Crippen LogP contribution in [0.2, 0.25) is 0 Å². The first-order valence-electron chi connectivity index (χ1n) is 5.94. The Morgan fingerprint density at radius 1 is 1.44 bits per heavy atom. The zero-order chi connectivity index (χ0) is 11.9. The van der Waals surface area contributed by atoms with E-state index in [1.807, 2.05) is 25.6 Å². The van der Waals surface area contributed by atoms with Gasteiger partial charge in [0.25, 0.3) is 0 Å². The fraction of sp³-hybridized carbons (Fsp3) is 0.750. The van der Waals surface area contributed by atoms with Gasteiger partial charge in [0.2, 0.25) is 0 Å². The Kier molecular flexibility index (Phi) is 5.49. The largest absolute Gasteiger partial charge is 0.375 e. The number of aromatic nitrogens is 2. The molecular weight excluding hydrogens is 202 g/mol. The normalized spacial score (nSPS) is 11.9. The van der Waals surface area contributed by atoms with Crippen molar-refractivity contribution >= 4 is 0 Å². The average molecular weight is 225 g/mol. The number of rotatable bonds is 8. The van der Waals surface area contributed by atoms with Crippen LogP contribution in [0.4, 0.5) is 0 Å². The SMILES string of the molecule is CCOC(C)(C)CNCCCn1ccnc1. The molecule has 1 aromatic heterocycles. The molecule has 0 unspecified atom stereocenters. The van der Waals surface area contributed by atoms with Crippen molar-refractivity contribution in [3.05, 3.63) is 18.7 Å². The summed E-state index contributed by atoms with van der Waals surface area (Å²) in [4.78, 5) is 4.01. The molecule has 0 amide bonds. The number of nitrogens with one attached hydrogen (secondary N) is 1. The second-order valence-corrected chi connectivity index (χ2v) is 4.52. The van der Waals surface area contributed by atoms with Gasteiger partial charge in [-0.25, -0.2) is 4.98 Å². The van der Waals surface area contributed by atoms with Gasteiger partial charge in [0.15, 0.2) is 0 Å². The lowest BCUT2D eigenvalue weighted by Gasteiger charge is -2.25. The van der Waals surface area contributed by atoms with Gasteiger partial charge in [-0.05, 0) is 33.7 Å². The molecule has 0 radical (unpaired) electrons. The lowest BCUT2D eigenvalue weighted by atomic mass is 10.1. The number of ether oxygens (including phenoxy) is 1. The number of imidazole rings is 1. The van der Waals surface area contributed by atoms with Gasteiger partial charge in [0.1, 0.15) is 0 Å². The van der Waals surface area contributed by atoms with Crippen LogP contribution in [0.3, 0.4) is 0 Å². The van der Waals surface area contributed by atoms with Gasteiger partial charge in [-0.3, -0.25) is 0 Å². The summed E-state index contributed by atoms with van der Waals surface area (Å²) in [5.41, 5.74) is -0.0657. The number of aryl methyl sites for hydroxylation is 1. The predicted molar refractivity (Wildman–Crippen MR) is 65.4 cm³/mol. The lowest BCUT2D eigenvalue weighted by Crippen LogP contribution is -2.38. The fourth-order valence-electron chi connectivity index (χ4n) is 1.64. The molecule has 0 aliphatic carbocycles. The average Bonchev–Trinajstić information content (AvgIpc) is 2.69. The summed E-state index contributed by atoms with van der Waals surface area (Å²) in [5, 5.41) is 3.41. The van der Waals surface area contributed by atoms with Crippen LogP contribution >= 0.6 is 0 Å². The Bertz CT molecular complexity index is 270. The second-order valence-electron chi connectivity index (χ2n) is 4.52. The summed E-state index contributed by atoms with van der Waals surface area (Å²) in [6.45, 7) is 9.94. The molecule has 0 bridgehead atoms. The minimum Gasteiger partial charge on any atom is -0.375 e. The number of nitrogens with zero attached hydrogens (tertiary/aromatic N) is 2. The molecule has 1 aromatic rings. The van der Waals surface area contributed by atoms with E-state index in [-0.39, 0.29) is 5.60 Å². The van der Waals surface area contributed by atoms with Crippen molar-refractivity contribution in [2.75, 3.05) is 19.7 Å². The van der Waals surface area contributed by atoms with Crippen LogP contribution in [0.25, 0.3) is 0 Å². The van der Waals surface area contributed by atoms with Crippen LogP contribution in [0.1, 0.15) is 27.2 Å². The smallest absolute Gasteiger partial charge is 0.0945 e. The Morgan fingerprint density at radius 2 is 2.25 bits per heavy atom. The summed E-state index contributed by atoms with van der Waals surface area (Å²) >= 11 is 0. The van der Waals surface area contributed by atoms with E-state index in [0.717, 1.165) is 32.7 Å². The Balaban J connectivity index is 2.03. The predicted octanol–water partition coefficient (Wildman–Crippen LogP) is 1.68. The van der Waals surface area contributed by atoms with Crippen molar-refractivity contribution in [1.82, 2.24) is 14.9 Å². The van der Waals surface area contributed by atoms with E-state index in [1.54, 1.807) is 0 Å². The van der Waals surface area contributed by atoms with E-state index in [9.17, 15) is 0 Å². The van der Waals surface area contributed by atoms with E-state index >= 15 is 0 Å². The third-order valence-electron chi connectivity index (χ3n) is 2.41. The maximum Gasteiger partial charge on any atom is 0.0945 e. The van der Waals surface area contributed by atoms with Gasteiger partial charge in [0.05, 0.1) is 11.9 Å². The van der Waals surface area contributed by atoms with Gasteiger partial charge >= 0.3 is 0 Å². The van der Waals surface area contributed by atoms with Crippen molar-refractivity contribution in [3.63, 3.8) is 0 Å². The quantitative estimate of drug-likeness (QED) is 0.684. The maximum atomic E-state index is 5.60. The summed E-state index contributed by atoms with van der Waals surface area (Å²) < 4.78 is 7.70. The summed E-state index contributed by atoms with van der Waals surface area (Å²) in [5.74, 6) is 0. The van der Waals surface area contributed by atoms with Crippen molar-refractivity contribution < 1.29 is 4.74 Å². The highest BCUT2D eigenvalue weighted by atomic mass is 16.5. The van der Waals surface area contributed by atoms with E-state index < -0.39 is 0 Å². The zero-order valence-electron chi connectivity index (χ0n) is 10.6. The first kappa shape index (κ1) is 13.2. The van der Waals surface area contributed by atoms with Crippen LogP contribution in [-0.2, 0) is 11.3 Å². The summed E-state index contributed by atoms with van der Waals surface area (Å²) in [7, 11) is 0. The van der Waals surface area contributed by atoms with E-state index in [4.69, 9.17) is 4.74 Å². The van der Waals surface area contributed by atoms with Gasteiger partial charge in [-0.1, -0.05) is 0 Å². The van der Waals surface area contributed by atoms with Gasteiger partial charge in [-0.2, -0.15) is 0 Å². The molecule has 1 heterocycles. The van der Waals surface area contributed by atoms with Crippen molar-refractivity contribution in [1.29, 1.82) is 0 Å². The summed E-state index contributed by atoms with van der Waals surface area (Å²) in [6, 6.07) is 0. The first-order chi connectivity index (χ1) is 7.64. The molecule has 4 heteroatoms. The standard InChI is InChI=1S/C12H23N3O/c1-4-16-12(2,3)10-13-6-5-8-15-9-7-14-11-15/h7,9,11,13H,4-6,8,10H2,1-3H3. The molecule has 0 saturated carbocycles. The maximum absolute atomic E-state index is 5.60. The third-order valence-corrected chi connectivity index (χ3v) is 2.41. The van der Waals surface area contributed by atoms with E-state index in [1.165, 1.54) is 0 Å². The molecule has 0 atom stereocenters. The molecule has 0 saturated heterocycles. The Labute approximate surface area is 98.0 Å². The van der Waals surface area contributed by atoms with Crippen LogP contribution in [-0.4, -0.2) is 34.8 Å². The van der Waals surface area contributed by atoms with Gasteiger partial charge < -0.3 is 14.6 Å². The summed E-state index contributed by atoms with van der Waals surface area (Å²) in [6.07, 6.45) is 6.76. The third kappa shape index (κ3) is 5.28. The molecular formula is C12H23N3O. The topological polar surface area (TPSA) is 39.1 Å². The van der Waals surface area contributed by atoms with E-state index in [2.05, 4.69) is 28.7 Å². The van der Waals surface area contributed by atoms with E-state index in [0.29, 0.717) is 0 Å². The highest BCUT2D eigenvalue weighted by molar-refractivity contribution is 4.74. The van der Waals surface area contributed by atoms with Crippen LogP contribution in [0, 0.1) is 0 Å². The molecule has 0 aromatic carbocycles. The molecule has 0 aliphatic heterocycles.